The van der Waals surface area contributed by atoms with Gasteiger partial charge < -0.3 is 15.0 Å². The summed E-state index contributed by atoms with van der Waals surface area (Å²) in [4.78, 5) is 25.0. The number of nitrogens with zero attached hydrogens (tertiary/aromatic N) is 3. The van der Waals surface area contributed by atoms with Crippen molar-refractivity contribution in [3.8, 4) is 0 Å². The summed E-state index contributed by atoms with van der Waals surface area (Å²) >= 11 is 0.239. The van der Waals surface area contributed by atoms with Gasteiger partial charge in [-0.1, -0.05) is 11.3 Å². The SMILES string of the molecule is O=C(CCC(=O)N1CCOCC1)Nc1nnc(C(F)(F)F)s1. The smallest absolute Gasteiger partial charge is 0.378 e. The molecule has 0 aromatic carbocycles. The van der Waals surface area contributed by atoms with E-state index >= 15 is 0 Å². The van der Waals surface area contributed by atoms with Crippen molar-refractivity contribution < 1.29 is 27.5 Å². The Balaban J connectivity index is 1.78. The molecule has 11 heteroatoms. The Morgan fingerprint density at radius 3 is 2.50 bits per heavy atom. The van der Waals surface area contributed by atoms with Crippen molar-refractivity contribution in [3.05, 3.63) is 5.01 Å². The maximum absolute atomic E-state index is 12.3. The number of halogens is 3. The van der Waals surface area contributed by atoms with E-state index in [1.807, 2.05) is 0 Å². The first-order chi connectivity index (χ1) is 10.4. The van der Waals surface area contributed by atoms with Gasteiger partial charge in [0.05, 0.1) is 13.2 Å². The summed E-state index contributed by atoms with van der Waals surface area (Å²) in [6.07, 6.45) is -4.74. The van der Waals surface area contributed by atoms with Crippen LogP contribution >= 0.6 is 11.3 Å². The van der Waals surface area contributed by atoms with Crippen molar-refractivity contribution in [3.63, 3.8) is 0 Å². The minimum Gasteiger partial charge on any atom is -0.378 e. The largest absolute Gasteiger partial charge is 0.445 e. The highest BCUT2D eigenvalue weighted by molar-refractivity contribution is 7.15. The Labute approximate surface area is 127 Å². The van der Waals surface area contributed by atoms with Gasteiger partial charge in [0, 0.05) is 25.9 Å². The molecule has 0 bridgehead atoms. The molecule has 0 aliphatic carbocycles. The molecule has 122 valence electrons. The fraction of sp³-hybridized carbons (Fsp3) is 0.636. The van der Waals surface area contributed by atoms with Crippen LogP contribution in [0.1, 0.15) is 17.8 Å². The summed E-state index contributed by atoms with van der Waals surface area (Å²) in [7, 11) is 0. The number of anilines is 1. The number of hydrogen-bond acceptors (Lipinski definition) is 6. The fourth-order valence-corrected chi connectivity index (χ4v) is 2.39. The molecule has 1 aliphatic heterocycles. The normalized spacial score (nSPS) is 15.7. The maximum Gasteiger partial charge on any atom is 0.445 e. The van der Waals surface area contributed by atoms with E-state index in [1.165, 1.54) is 0 Å². The van der Waals surface area contributed by atoms with Gasteiger partial charge in [-0.3, -0.25) is 9.59 Å². The molecule has 7 nitrogen and oxygen atoms in total. The van der Waals surface area contributed by atoms with Crippen molar-refractivity contribution in [2.75, 3.05) is 31.6 Å². The van der Waals surface area contributed by atoms with Crippen LogP contribution in [0.15, 0.2) is 0 Å². The number of ether oxygens (including phenoxy) is 1. The van der Waals surface area contributed by atoms with Gasteiger partial charge in [-0.2, -0.15) is 13.2 Å². The van der Waals surface area contributed by atoms with Gasteiger partial charge in [-0.15, -0.1) is 10.2 Å². The second-order valence-electron chi connectivity index (χ2n) is 4.45. The van der Waals surface area contributed by atoms with Gasteiger partial charge in [0.2, 0.25) is 22.0 Å². The Morgan fingerprint density at radius 1 is 1.23 bits per heavy atom. The molecular formula is C11H13F3N4O3S. The third-order valence-corrected chi connectivity index (χ3v) is 3.73. The highest BCUT2D eigenvalue weighted by atomic mass is 32.1. The Morgan fingerprint density at radius 2 is 1.91 bits per heavy atom. The van der Waals surface area contributed by atoms with Crippen molar-refractivity contribution in [1.29, 1.82) is 0 Å². The van der Waals surface area contributed by atoms with Gasteiger partial charge in [0.1, 0.15) is 0 Å². The topological polar surface area (TPSA) is 84.4 Å². The number of amides is 2. The second-order valence-corrected chi connectivity index (χ2v) is 5.43. The van der Waals surface area contributed by atoms with Crippen LogP contribution in [0.2, 0.25) is 0 Å². The van der Waals surface area contributed by atoms with Crippen molar-refractivity contribution in [2.45, 2.75) is 19.0 Å². The zero-order valence-electron chi connectivity index (χ0n) is 11.4. The van der Waals surface area contributed by atoms with Crippen LogP contribution in [-0.4, -0.2) is 53.2 Å². The lowest BCUT2D eigenvalue weighted by atomic mass is 10.2. The molecule has 1 aromatic heterocycles. The van der Waals surface area contributed by atoms with E-state index in [1.54, 1.807) is 4.90 Å². The number of morpholine rings is 1. The van der Waals surface area contributed by atoms with Gasteiger partial charge in [-0.25, -0.2) is 0 Å². The molecule has 0 radical (unpaired) electrons. The molecule has 1 fully saturated rings. The average molecular weight is 338 g/mol. The first kappa shape index (κ1) is 16.6. The summed E-state index contributed by atoms with van der Waals surface area (Å²) in [5.41, 5.74) is 0. The van der Waals surface area contributed by atoms with E-state index in [-0.39, 0.29) is 35.2 Å². The van der Waals surface area contributed by atoms with Gasteiger partial charge in [0.15, 0.2) is 0 Å². The van der Waals surface area contributed by atoms with E-state index in [0.29, 0.717) is 26.3 Å². The standard InChI is InChI=1S/C11H13F3N4O3S/c12-11(13,14)9-16-17-10(22-9)15-7(19)1-2-8(20)18-3-5-21-6-4-18/h1-6H2,(H,15,17,19). The first-order valence-electron chi connectivity index (χ1n) is 6.42. The van der Waals surface area contributed by atoms with E-state index in [4.69, 9.17) is 4.74 Å². The number of carbonyl (C=O) groups is 2. The predicted octanol–water partition coefficient (Wildman–Crippen LogP) is 1.13. The van der Waals surface area contributed by atoms with Gasteiger partial charge in [-0.05, 0) is 0 Å². The monoisotopic (exact) mass is 338 g/mol. The second kappa shape index (κ2) is 7.01. The minimum atomic E-state index is -4.59. The molecule has 2 heterocycles. The highest BCUT2D eigenvalue weighted by Crippen LogP contribution is 2.32. The number of alkyl halides is 3. The quantitative estimate of drug-likeness (QED) is 0.890. The van der Waals surface area contributed by atoms with Crippen LogP contribution in [0, 0.1) is 0 Å². The number of hydrogen-bond donors (Lipinski definition) is 1. The van der Waals surface area contributed by atoms with Gasteiger partial charge in [0.25, 0.3) is 0 Å². The lowest BCUT2D eigenvalue weighted by Gasteiger charge is -2.26. The molecule has 0 atom stereocenters. The van der Waals surface area contributed by atoms with Crippen molar-refractivity contribution >= 4 is 28.3 Å². The number of carbonyl (C=O) groups excluding carboxylic acids is 2. The molecule has 1 saturated heterocycles. The first-order valence-corrected chi connectivity index (χ1v) is 7.24. The van der Waals surface area contributed by atoms with Crippen LogP contribution in [-0.2, 0) is 20.5 Å². The van der Waals surface area contributed by atoms with Crippen molar-refractivity contribution in [2.24, 2.45) is 0 Å². The molecular weight excluding hydrogens is 325 g/mol. The molecule has 22 heavy (non-hydrogen) atoms. The van der Waals surface area contributed by atoms with Crippen LogP contribution < -0.4 is 5.32 Å². The third kappa shape index (κ3) is 4.63. The molecule has 1 aliphatic rings. The third-order valence-electron chi connectivity index (χ3n) is 2.84. The molecule has 2 amide bonds. The summed E-state index contributed by atoms with van der Waals surface area (Å²) in [6.45, 7) is 1.88. The molecule has 0 saturated carbocycles. The Kier molecular flexibility index (Phi) is 5.29. The Hall–Kier alpha value is -1.75. The van der Waals surface area contributed by atoms with Crippen molar-refractivity contribution in [1.82, 2.24) is 15.1 Å². The zero-order chi connectivity index (χ0) is 16.2. The molecule has 1 aromatic rings. The minimum absolute atomic E-state index is 0.0171. The average Bonchev–Trinajstić information content (AvgIpc) is 2.94. The maximum atomic E-state index is 12.3. The van der Waals surface area contributed by atoms with Crippen LogP contribution in [0.3, 0.4) is 0 Å². The summed E-state index contributed by atoms with van der Waals surface area (Å²) in [5, 5.41) is 7.02. The fourth-order valence-electron chi connectivity index (χ4n) is 1.76. The molecule has 0 unspecified atom stereocenters. The predicted molar refractivity (Wildman–Crippen MR) is 70.2 cm³/mol. The molecule has 1 N–H and O–H groups in total. The summed E-state index contributed by atoms with van der Waals surface area (Å²) in [5.74, 6) is -0.766. The molecule has 0 spiro atoms. The Bertz CT molecular complexity index is 543. The number of nitrogens with one attached hydrogen (secondary N) is 1. The number of aromatic nitrogens is 2. The summed E-state index contributed by atoms with van der Waals surface area (Å²) < 4.78 is 42.1. The highest BCUT2D eigenvalue weighted by Gasteiger charge is 2.35. The van der Waals surface area contributed by atoms with E-state index in [2.05, 4.69) is 15.5 Å². The lowest BCUT2D eigenvalue weighted by Crippen LogP contribution is -2.40. The van der Waals surface area contributed by atoms with E-state index in [9.17, 15) is 22.8 Å². The summed E-state index contributed by atoms with van der Waals surface area (Å²) in [6, 6.07) is 0. The van der Waals surface area contributed by atoms with Crippen LogP contribution in [0.25, 0.3) is 0 Å². The lowest BCUT2D eigenvalue weighted by molar-refractivity contribution is -0.138. The van der Waals surface area contributed by atoms with E-state index in [0.717, 1.165) is 0 Å². The van der Waals surface area contributed by atoms with Crippen LogP contribution in [0.5, 0.6) is 0 Å². The van der Waals surface area contributed by atoms with Crippen LogP contribution in [0.4, 0.5) is 18.3 Å². The number of rotatable bonds is 4. The zero-order valence-corrected chi connectivity index (χ0v) is 12.2. The molecule has 2 rings (SSSR count). The van der Waals surface area contributed by atoms with Gasteiger partial charge >= 0.3 is 6.18 Å². The van der Waals surface area contributed by atoms with E-state index < -0.39 is 17.1 Å².